The van der Waals surface area contributed by atoms with Crippen molar-refractivity contribution in [1.82, 2.24) is 20.0 Å². The van der Waals surface area contributed by atoms with Gasteiger partial charge in [0, 0.05) is 43.6 Å². The molecule has 1 saturated heterocycles. The van der Waals surface area contributed by atoms with Crippen molar-refractivity contribution in [3.8, 4) is 0 Å². The van der Waals surface area contributed by atoms with Crippen LogP contribution in [0, 0.1) is 0 Å². The summed E-state index contributed by atoms with van der Waals surface area (Å²) < 4.78 is 1.96. The summed E-state index contributed by atoms with van der Waals surface area (Å²) in [4.78, 5) is 2.48. The summed E-state index contributed by atoms with van der Waals surface area (Å²) >= 11 is 8.57. The van der Waals surface area contributed by atoms with E-state index >= 15 is 0 Å². The van der Waals surface area contributed by atoms with Crippen LogP contribution in [0.1, 0.15) is 25.2 Å². The Kier molecular flexibility index (Phi) is 6.41. The van der Waals surface area contributed by atoms with Crippen LogP contribution in [0.25, 0.3) is 0 Å². The smallest absolute Gasteiger partial charge is 0.0850 e. The summed E-state index contributed by atoms with van der Waals surface area (Å²) in [5.74, 6) is 2.42. The van der Waals surface area contributed by atoms with Crippen LogP contribution < -0.4 is 5.32 Å². The topological polar surface area (TPSA) is 33.1 Å². The monoisotopic (exact) mass is 330 g/mol. The van der Waals surface area contributed by atoms with Crippen LogP contribution >= 0.6 is 23.4 Å². The first kappa shape index (κ1) is 17.1. The average Bonchev–Trinajstić information content (AvgIpc) is 2.74. The van der Waals surface area contributed by atoms with Crippen LogP contribution in [0.2, 0.25) is 5.02 Å². The van der Waals surface area contributed by atoms with Gasteiger partial charge in [-0.25, -0.2) is 0 Å². The van der Waals surface area contributed by atoms with E-state index in [2.05, 4.69) is 48.0 Å². The molecule has 0 aromatic carbocycles. The number of hydrogen-bond acceptors (Lipinski definition) is 4. The Hall–Kier alpha value is -0.230. The highest BCUT2D eigenvalue weighted by molar-refractivity contribution is 7.99. The SMILES string of the molecule is CCNC(Cc1c(Cl)c(CC)nn1C)C1CSCCN1C. The van der Waals surface area contributed by atoms with Gasteiger partial charge in [-0.15, -0.1) is 0 Å². The summed E-state index contributed by atoms with van der Waals surface area (Å²) in [6.07, 6.45) is 1.82. The summed E-state index contributed by atoms with van der Waals surface area (Å²) in [5.41, 5.74) is 2.17. The number of rotatable bonds is 6. The predicted octanol–water partition coefficient (Wildman–Crippen LogP) is 2.20. The highest BCUT2D eigenvalue weighted by Crippen LogP contribution is 2.25. The standard InChI is InChI=1S/C15H27ClN4S/c1-5-11-15(16)13(20(4)18-11)9-12(17-6-2)14-10-21-8-7-19(14)3/h12,14,17H,5-10H2,1-4H3. The van der Waals surface area contributed by atoms with Crippen LogP contribution in [-0.4, -0.2) is 58.4 Å². The van der Waals surface area contributed by atoms with Gasteiger partial charge >= 0.3 is 0 Å². The van der Waals surface area contributed by atoms with E-state index in [1.165, 1.54) is 11.5 Å². The largest absolute Gasteiger partial charge is 0.312 e. The molecule has 0 bridgehead atoms. The minimum atomic E-state index is 0.422. The van der Waals surface area contributed by atoms with Gasteiger partial charge in [-0.2, -0.15) is 16.9 Å². The molecule has 6 heteroatoms. The maximum Gasteiger partial charge on any atom is 0.0850 e. The van der Waals surface area contributed by atoms with Crippen LogP contribution in [0.4, 0.5) is 0 Å². The fourth-order valence-electron chi connectivity index (χ4n) is 2.99. The number of halogens is 1. The molecule has 1 aromatic heterocycles. The third-order valence-electron chi connectivity index (χ3n) is 4.29. The van der Waals surface area contributed by atoms with Crippen molar-refractivity contribution in [1.29, 1.82) is 0 Å². The molecule has 1 aliphatic heterocycles. The molecule has 1 aliphatic rings. The Balaban J connectivity index is 2.17. The number of nitrogens with zero attached hydrogens (tertiary/aromatic N) is 3. The van der Waals surface area contributed by atoms with Crippen LogP contribution in [0.5, 0.6) is 0 Å². The molecule has 4 nitrogen and oxygen atoms in total. The molecule has 0 spiro atoms. The van der Waals surface area contributed by atoms with E-state index in [1.54, 1.807) is 0 Å². The molecule has 2 heterocycles. The quantitative estimate of drug-likeness (QED) is 0.867. The molecule has 0 aliphatic carbocycles. The molecule has 1 aromatic rings. The second kappa shape index (κ2) is 7.86. The summed E-state index contributed by atoms with van der Waals surface area (Å²) in [6, 6.07) is 0.977. The lowest BCUT2D eigenvalue weighted by Crippen LogP contribution is -2.53. The number of hydrogen-bond donors (Lipinski definition) is 1. The molecule has 0 saturated carbocycles. The average molecular weight is 331 g/mol. The normalized spacial score (nSPS) is 21.7. The van der Waals surface area contributed by atoms with Gasteiger partial charge in [0.25, 0.3) is 0 Å². The molecule has 2 unspecified atom stereocenters. The minimum absolute atomic E-state index is 0.422. The second-order valence-electron chi connectivity index (χ2n) is 5.68. The number of nitrogens with one attached hydrogen (secondary N) is 1. The Morgan fingerprint density at radius 1 is 1.43 bits per heavy atom. The first-order chi connectivity index (χ1) is 10.1. The van der Waals surface area contributed by atoms with Crippen molar-refractivity contribution < 1.29 is 0 Å². The fraction of sp³-hybridized carbons (Fsp3) is 0.800. The number of thioether (sulfide) groups is 1. The third kappa shape index (κ3) is 3.95. The summed E-state index contributed by atoms with van der Waals surface area (Å²) in [6.45, 7) is 6.42. The zero-order chi connectivity index (χ0) is 15.4. The molecule has 1 fully saturated rings. The molecular weight excluding hydrogens is 304 g/mol. The van der Waals surface area contributed by atoms with Gasteiger partial charge in [-0.1, -0.05) is 25.4 Å². The minimum Gasteiger partial charge on any atom is -0.312 e. The molecule has 120 valence electrons. The molecule has 0 amide bonds. The second-order valence-corrected chi connectivity index (χ2v) is 7.20. The highest BCUT2D eigenvalue weighted by Gasteiger charge is 2.29. The zero-order valence-electron chi connectivity index (χ0n) is 13.5. The van der Waals surface area contributed by atoms with Gasteiger partial charge in [0.2, 0.25) is 0 Å². The Morgan fingerprint density at radius 3 is 2.76 bits per heavy atom. The van der Waals surface area contributed by atoms with Crippen molar-refractivity contribution in [3.05, 3.63) is 16.4 Å². The van der Waals surface area contributed by atoms with Gasteiger partial charge in [0.15, 0.2) is 0 Å². The van der Waals surface area contributed by atoms with E-state index in [0.717, 1.165) is 42.3 Å². The van der Waals surface area contributed by atoms with Gasteiger partial charge < -0.3 is 10.2 Å². The van der Waals surface area contributed by atoms with E-state index in [1.807, 2.05) is 11.7 Å². The third-order valence-corrected chi connectivity index (χ3v) is 5.77. The van der Waals surface area contributed by atoms with E-state index in [-0.39, 0.29) is 0 Å². The van der Waals surface area contributed by atoms with Crippen molar-refractivity contribution in [2.24, 2.45) is 7.05 Å². The first-order valence-corrected chi connectivity index (χ1v) is 9.33. The maximum atomic E-state index is 6.52. The van der Waals surface area contributed by atoms with Crippen LogP contribution in [0.3, 0.4) is 0 Å². The fourth-order valence-corrected chi connectivity index (χ4v) is 4.67. The molecule has 2 atom stereocenters. The Labute approximate surface area is 137 Å². The zero-order valence-corrected chi connectivity index (χ0v) is 15.1. The van der Waals surface area contributed by atoms with Crippen LogP contribution in [-0.2, 0) is 19.9 Å². The highest BCUT2D eigenvalue weighted by atomic mass is 35.5. The molecule has 2 rings (SSSR count). The van der Waals surface area contributed by atoms with Gasteiger partial charge in [-0.05, 0) is 20.0 Å². The lowest BCUT2D eigenvalue weighted by atomic mass is 10.0. The number of aryl methyl sites for hydroxylation is 2. The first-order valence-electron chi connectivity index (χ1n) is 7.80. The van der Waals surface area contributed by atoms with E-state index < -0.39 is 0 Å². The molecule has 21 heavy (non-hydrogen) atoms. The maximum absolute atomic E-state index is 6.52. The van der Waals surface area contributed by atoms with E-state index in [0.29, 0.717) is 12.1 Å². The van der Waals surface area contributed by atoms with Crippen LogP contribution in [0.15, 0.2) is 0 Å². The lowest BCUT2D eigenvalue weighted by Gasteiger charge is -2.38. The van der Waals surface area contributed by atoms with E-state index in [9.17, 15) is 0 Å². The van der Waals surface area contributed by atoms with Gasteiger partial charge in [0.1, 0.15) is 0 Å². The Morgan fingerprint density at radius 2 is 2.19 bits per heavy atom. The van der Waals surface area contributed by atoms with Gasteiger partial charge in [0.05, 0.1) is 16.4 Å². The predicted molar refractivity (Wildman–Crippen MR) is 92.5 cm³/mol. The van der Waals surface area contributed by atoms with Crippen molar-refractivity contribution in [2.45, 2.75) is 38.8 Å². The number of aromatic nitrogens is 2. The molecule has 0 radical (unpaired) electrons. The van der Waals surface area contributed by atoms with Crippen molar-refractivity contribution in [2.75, 3.05) is 31.6 Å². The Bertz CT molecular complexity index is 463. The van der Waals surface area contributed by atoms with Gasteiger partial charge in [-0.3, -0.25) is 4.68 Å². The van der Waals surface area contributed by atoms with E-state index in [4.69, 9.17) is 11.6 Å². The lowest BCUT2D eigenvalue weighted by molar-refractivity contribution is 0.213. The molecule has 1 N–H and O–H groups in total. The number of likely N-dealkylation sites (N-methyl/N-ethyl adjacent to an activating group) is 2. The summed E-state index contributed by atoms with van der Waals surface area (Å²) in [7, 11) is 4.24. The van der Waals surface area contributed by atoms with Crippen molar-refractivity contribution in [3.63, 3.8) is 0 Å². The van der Waals surface area contributed by atoms with Crippen molar-refractivity contribution >= 4 is 23.4 Å². The summed E-state index contributed by atoms with van der Waals surface area (Å²) in [5, 5.41) is 9.06. The molecular formula is C15H27ClN4S.